The Balaban J connectivity index is 2.11. The van der Waals surface area contributed by atoms with E-state index in [1.165, 1.54) is 12.1 Å². The molecule has 1 aromatic heterocycles. The summed E-state index contributed by atoms with van der Waals surface area (Å²) in [4.78, 5) is 23.0. The van der Waals surface area contributed by atoms with Gasteiger partial charge in [-0.3, -0.25) is 9.59 Å². The number of aliphatic carboxylic acids is 1. The minimum atomic E-state index is -0.959. The van der Waals surface area contributed by atoms with Crippen LogP contribution in [0, 0.1) is 0 Å². The molecule has 0 atom stereocenters. The number of carboxylic acids is 1. The molecule has 104 valence electrons. The van der Waals surface area contributed by atoms with Crippen LogP contribution >= 0.6 is 11.6 Å². The summed E-state index contributed by atoms with van der Waals surface area (Å²) in [5.74, 6) is -1.35. The molecule has 6 nitrogen and oxygen atoms in total. The molecule has 0 spiro atoms. The Morgan fingerprint density at radius 3 is 2.58 bits per heavy atom. The average Bonchev–Trinajstić information content (AvgIpc) is 2.76. The van der Waals surface area contributed by atoms with Crippen molar-refractivity contribution in [1.29, 1.82) is 0 Å². The van der Waals surface area contributed by atoms with Crippen molar-refractivity contribution < 1.29 is 23.8 Å². The number of hydrogen-bond donors (Lipinski definition) is 2. The number of carboxylic acid groups (broad SMARTS) is 1. The van der Waals surface area contributed by atoms with Crippen molar-refractivity contribution in [2.24, 2.45) is 0 Å². The van der Waals surface area contributed by atoms with Gasteiger partial charge < -0.3 is 19.6 Å². The first-order chi connectivity index (χ1) is 9.01. The second kappa shape index (κ2) is 5.63. The number of carbonyl (C=O) groups excluding carboxylic acids is 1. The monoisotopic (exact) mass is 287 g/mol. The van der Waals surface area contributed by atoms with Gasteiger partial charge in [-0.15, -0.1) is 0 Å². The third-order valence-electron chi connectivity index (χ3n) is 3.12. The van der Waals surface area contributed by atoms with Gasteiger partial charge in [0.05, 0.1) is 12.0 Å². The molecule has 1 amide bonds. The van der Waals surface area contributed by atoms with E-state index in [2.05, 4.69) is 5.32 Å². The fourth-order valence-electron chi connectivity index (χ4n) is 2.14. The van der Waals surface area contributed by atoms with Crippen molar-refractivity contribution >= 4 is 23.5 Å². The molecule has 0 saturated carbocycles. The normalized spacial score (nSPS) is 17.9. The Kier molecular flexibility index (Phi) is 4.11. The molecular formula is C12H14ClNO5. The molecule has 0 radical (unpaired) electrons. The third-order valence-corrected chi connectivity index (χ3v) is 3.32. The highest BCUT2D eigenvalue weighted by Gasteiger charge is 2.37. The fraction of sp³-hybridized carbons (Fsp3) is 0.500. The van der Waals surface area contributed by atoms with Crippen molar-refractivity contribution in [2.75, 3.05) is 13.2 Å². The lowest BCUT2D eigenvalue weighted by molar-refractivity contribution is -0.139. The average molecular weight is 288 g/mol. The van der Waals surface area contributed by atoms with Gasteiger partial charge >= 0.3 is 5.97 Å². The Morgan fingerprint density at radius 2 is 2.05 bits per heavy atom. The van der Waals surface area contributed by atoms with E-state index in [0.717, 1.165) is 0 Å². The largest absolute Gasteiger partial charge is 0.481 e. The van der Waals surface area contributed by atoms with Crippen LogP contribution in [-0.2, 0) is 9.53 Å². The highest BCUT2D eigenvalue weighted by molar-refractivity contribution is 6.29. The van der Waals surface area contributed by atoms with Crippen LogP contribution in [0.1, 0.15) is 29.8 Å². The quantitative estimate of drug-likeness (QED) is 0.879. The van der Waals surface area contributed by atoms with Gasteiger partial charge in [-0.25, -0.2) is 0 Å². The van der Waals surface area contributed by atoms with Crippen LogP contribution in [-0.4, -0.2) is 35.7 Å². The van der Waals surface area contributed by atoms with Gasteiger partial charge in [0.25, 0.3) is 5.91 Å². The first kappa shape index (κ1) is 13.9. The maximum absolute atomic E-state index is 12.0. The van der Waals surface area contributed by atoms with Crippen molar-refractivity contribution in [2.45, 2.75) is 24.8 Å². The topological polar surface area (TPSA) is 88.8 Å². The molecule has 1 aliphatic heterocycles. The predicted octanol–water partition coefficient (Wildman–Crippen LogP) is 1.69. The first-order valence-electron chi connectivity index (χ1n) is 5.88. The van der Waals surface area contributed by atoms with Crippen LogP contribution in [0.5, 0.6) is 0 Å². The van der Waals surface area contributed by atoms with Crippen LogP contribution in [0.25, 0.3) is 0 Å². The number of carbonyl (C=O) groups is 2. The van der Waals surface area contributed by atoms with Crippen LogP contribution in [0.15, 0.2) is 16.5 Å². The molecule has 1 aromatic rings. The molecule has 7 heteroatoms. The van der Waals surface area contributed by atoms with Gasteiger partial charge in [0.15, 0.2) is 11.0 Å². The Bertz CT molecular complexity index is 478. The van der Waals surface area contributed by atoms with Gasteiger partial charge in [-0.2, -0.15) is 0 Å². The summed E-state index contributed by atoms with van der Waals surface area (Å²) in [6.45, 7) is 0.846. The van der Waals surface area contributed by atoms with Crippen LogP contribution in [0.2, 0.25) is 5.22 Å². The zero-order valence-corrected chi connectivity index (χ0v) is 10.9. The van der Waals surface area contributed by atoms with E-state index in [4.69, 9.17) is 25.9 Å². The van der Waals surface area contributed by atoms with E-state index in [0.29, 0.717) is 26.1 Å². The smallest absolute Gasteiger partial charge is 0.305 e. The lowest BCUT2D eigenvalue weighted by Crippen LogP contribution is -2.53. The highest BCUT2D eigenvalue weighted by Crippen LogP contribution is 2.25. The zero-order chi connectivity index (χ0) is 13.9. The van der Waals surface area contributed by atoms with Crippen molar-refractivity contribution in [1.82, 2.24) is 5.32 Å². The molecule has 0 aromatic carbocycles. The van der Waals surface area contributed by atoms with Crippen molar-refractivity contribution in [3.63, 3.8) is 0 Å². The summed E-state index contributed by atoms with van der Waals surface area (Å²) in [5.41, 5.74) is -0.791. The third kappa shape index (κ3) is 3.48. The summed E-state index contributed by atoms with van der Waals surface area (Å²) in [6, 6.07) is 2.91. The van der Waals surface area contributed by atoms with Gasteiger partial charge in [-0.1, -0.05) is 0 Å². The number of hydrogen-bond acceptors (Lipinski definition) is 4. The molecular weight excluding hydrogens is 274 g/mol. The first-order valence-corrected chi connectivity index (χ1v) is 6.26. The molecule has 2 rings (SSSR count). The highest BCUT2D eigenvalue weighted by atomic mass is 35.5. The molecule has 1 aliphatic rings. The number of rotatable bonds is 4. The summed E-state index contributed by atoms with van der Waals surface area (Å²) < 4.78 is 10.2. The van der Waals surface area contributed by atoms with Crippen LogP contribution in [0.3, 0.4) is 0 Å². The molecule has 0 bridgehead atoms. The molecule has 2 N–H and O–H groups in total. The van der Waals surface area contributed by atoms with Crippen LogP contribution in [0.4, 0.5) is 0 Å². The molecule has 19 heavy (non-hydrogen) atoms. The minimum Gasteiger partial charge on any atom is -0.481 e. The van der Waals surface area contributed by atoms with E-state index in [1.54, 1.807) is 0 Å². The predicted molar refractivity (Wildman–Crippen MR) is 66.2 cm³/mol. The fourth-order valence-corrected chi connectivity index (χ4v) is 2.28. The van der Waals surface area contributed by atoms with E-state index >= 15 is 0 Å². The number of furan rings is 1. The number of halogens is 1. The molecule has 2 heterocycles. The van der Waals surface area contributed by atoms with E-state index in [9.17, 15) is 9.59 Å². The van der Waals surface area contributed by atoms with E-state index < -0.39 is 17.4 Å². The summed E-state index contributed by atoms with van der Waals surface area (Å²) >= 11 is 5.61. The van der Waals surface area contributed by atoms with Crippen LogP contribution < -0.4 is 5.32 Å². The molecule has 1 saturated heterocycles. The Morgan fingerprint density at radius 1 is 1.37 bits per heavy atom. The molecule has 0 unspecified atom stereocenters. The van der Waals surface area contributed by atoms with Gasteiger partial charge in [-0.05, 0) is 36.6 Å². The molecule has 1 fully saturated rings. The van der Waals surface area contributed by atoms with Gasteiger partial charge in [0, 0.05) is 13.2 Å². The molecule has 0 aliphatic carbocycles. The Hall–Kier alpha value is -1.53. The van der Waals surface area contributed by atoms with E-state index in [1.807, 2.05) is 0 Å². The number of nitrogens with one attached hydrogen (secondary N) is 1. The van der Waals surface area contributed by atoms with E-state index in [-0.39, 0.29) is 17.4 Å². The zero-order valence-electron chi connectivity index (χ0n) is 10.1. The minimum absolute atomic E-state index is 0.0706. The Labute approximate surface area is 114 Å². The maximum atomic E-state index is 12.0. The lowest BCUT2D eigenvalue weighted by Gasteiger charge is -2.36. The van der Waals surface area contributed by atoms with Crippen molar-refractivity contribution in [3.05, 3.63) is 23.1 Å². The second-order valence-electron chi connectivity index (χ2n) is 4.52. The number of amides is 1. The standard InChI is InChI=1S/C12H14ClNO5/c13-9-2-1-8(19-9)11(17)14-12(7-10(15)16)3-5-18-6-4-12/h1-2H,3-7H2,(H,14,17)(H,15,16). The maximum Gasteiger partial charge on any atom is 0.305 e. The summed E-state index contributed by atoms with van der Waals surface area (Å²) in [6.07, 6.45) is 0.773. The SMILES string of the molecule is O=C(O)CC1(NC(=O)c2ccc(Cl)o2)CCOCC1. The summed E-state index contributed by atoms with van der Waals surface area (Å²) in [5, 5.41) is 11.8. The number of ether oxygens (including phenoxy) is 1. The van der Waals surface area contributed by atoms with Gasteiger partial charge in [0.1, 0.15) is 0 Å². The summed E-state index contributed by atoms with van der Waals surface area (Å²) in [7, 11) is 0. The lowest BCUT2D eigenvalue weighted by atomic mass is 9.86. The van der Waals surface area contributed by atoms with Crippen molar-refractivity contribution in [3.8, 4) is 0 Å². The second-order valence-corrected chi connectivity index (χ2v) is 4.89. The van der Waals surface area contributed by atoms with Gasteiger partial charge in [0.2, 0.25) is 0 Å².